The largest absolute Gasteiger partial charge is 0.355 e. The summed E-state index contributed by atoms with van der Waals surface area (Å²) in [7, 11) is 3.78. The molecule has 3 saturated heterocycles. The van der Waals surface area contributed by atoms with Crippen LogP contribution in [-0.4, -0.2) is 182 Å². The number of halogens is 6. The minimum absolute atomic E-state index is 0.00376. The van der Waals surface area contributed by atoms with Crippen LogP contribution in [0.1, 0.15) is 96.9 Å². The number of anilines is 3. The maximum absolute atomic E-state index is 15.0. The van der Waals surface area contributed by atoms with Crippen LogP contribution in [-0.2, 0) is 28.5 Å². The average Bonchev–Trinajstić information content (AvgIpc) is 1.12. The molecule has 0 unspecified atom stereocenters. The molecule has 27 nitrogen and oxygen atoms in total. The Kier molecular flexibility index (Phi) is 24.6. The fraction of sp³-hybridized carbons (Fsp3) is 0.277. The Hall–Kier alpha value is -13.4. The van der Waals surface area contributed by atoms with Gasteiger partial charge >= 0.3 is 17.1 Å². The number of aromatic nitrogens is 15. The smallest absolute Gasteiger partial charge is 0.350 e. The van der Waals surface area contributed by atoms with Crippen molar-refractivity contribution in [1.82, 2.24) is 87.4 Å². The van der Waals surface area contributed by atoms with Crippen LogP contribution in [0, 0.1) is 17.5 Å². The van der Waals surface area contributed by atoms with E-state index in [4.69, 9.17) is 54.7 Å². The van der Waals surface area contributed by atoms with Crippen LogP contribution in [0.4, 0.5) is 30.6 Å². The Morgan fingerprint density at radius 1 is 0.438 bits per heavy atom. The van der Waals surface area contributed by atoms with Crippen molar-refractivity contribution >= 4 is 147 Å². The Labute approximate surface area is 752 Å². The molecule has 0 saturated carbocycles. The Bertz CT molecular complexity index is 7050. The molecule has 0 spiro atoms. The van der Waals surface area contributed by atoms with E-state index in [-0.39, 0.29) is 108 Å². The van der Waals surface area contributed by atoms with Gasteiger partial charge in [0, 0.05) is 119 Å². The number of pyridine rings is 4. The minimum Gasteiger partial charge on any atom is -0.350 e. The quantitative estimate of drug-likeness (QED) is 0.0862. The summed E-state index contributed by atoms with van der Waals surface area (Å²) in [6.07, 6.45) is 7.31. The molecule has 3 amide bonds. The summed E-state index contributed by atoms with van der Waals surface area (Å²) in [5.74, 6) is -0.705. The Morgan fingerprint density at radius 3 is 1.19 bits per heavy atom. The molecule has 3 aliphatic heterocycles. The second kappa shape index (κ2) is 35.8. The number of fused-ring (bicyclic) bond motifs is 6. The molecular weight excluding hydrogens is 1710 g/mol. The zero-order valence-corrected chi connectivity index (χ0v) is 75.1. The number of carbonyl (C=O) groups is 3. The fourth-order valence-electron chi connectivity index (χ4n) is 17.3. The van der Waals surface area contributed by atoms with Gasteiger partial charge in [-0.1, -0.05) is 132 Å². The lowest BCUT2D eigenvalue weighted by atomic mass is 9.99. The number of piperazine rings is 3. The first-order valence-electron chi connectivity index (χ1n) is 41.7. The molecule has 0 bridgehead atoms. The summed E-state index contributed by atoms with van der Waals surface area (Å²) < 4.78 is 54.1. The lowest BCUT2D eigenvalue weighted by Crippen LogP contribution is -2.54. The normalized spacial score (nSPS) is 15.6. The third-order valence-electron chi connectivity index (χ3n) is 23.5. The molecule has 10 aromatic heterocycles. The number of imidazole rings is 2. The lowest BCUT2D eigenvalue weighted by molar-refractivity contribution is -0.127. The number of hydrogen-bond donors (Lipinski definition) is 0. The van der Waals surface area contributed by atoms with E-state index in [0.717, 1.165) is 32.4 Å². The van der Waals surface area contributed by atoms with E-state index in [1.54, 1.807) is 112 Å². The first kappa shape index (κ1) is 88.1. The molecule has 3 aliphatic rings. The second-order valence-corrected chi connectivity index (χ2v) is 34.8. The number of aryl methyl sites for hydroxylation is 2. The van der Waals surface area contributed by atoms with Crippen LogP contribution >= 0.6 is 46.1 Å². The lowest BCUT2D eigenvalue weighted by Gasteiger charge is -2.40. The third-order valence-corrected chi connectivity index (χ3v) is 25.2. The molecule has 654 valence electrons. The van der Waals surface area contributed by atoms with E-state index >= 15 is 8.78 Å². The highest BCUT2D eigenvalue weighted by Gasteiger charge is 2.36. The van der Waals surface area contributed by atoms with Crippen LogP contribution < -0.4 is 31.8 Å². The van der Waals surface area contributed by atoms with Gasteiger partial charge in [-0.25, -0.2) is 76.1 Å². The molecule has 34 heteroatoms. The highest BCUT2D eigenvalue weighted by atomic mass is 35.5. The van der Waals surface area contributed by atoms with E-state index in [1.807, 2.05) is 125 Å². The second-order valence-electron chi connectivity index (χ2n) is 32.7. The van der Waals surface area contributed by atoms with Gasteiger partial charge in [-0.3, -0.25) is 14.4 Å². The van der Waals surface area contributed by atoms with Gasteiger partial charge < -0.3 is 38.5 Å². The number of thiazole rings is 1. The van der Waals surface area contributed by atoms with E-state index in [1.165, 1.54) is 61.5 Å². The van der Waals surface area contributed by atoms with E-state index in [0.29, 0.717) is 138 Å². The van der Waals surface area contributed by atoms with Crippen LogP contribution in [0.25, 0.3) is 116 Å². The van der Waals surface area contributed by atoms with Crippen molar-refractivity contribution in [3.8, 4) is 50.8 Å². The molecule has 18 rings (SSSR count). The van der Waals surface area contributed by atoms with Crippen LogP contribution in [0.2, 0.25) is 15.1 Å². The molecule has 5 aromatic carbocycles. The highest BCUT2D eigenvalue weighted by Crippen LogP contribution is 2.43. The predicted octanol–water partition coefficient (Wildman–Crippen LogP) is 16.5. The van der Waals surface area contributed by atoms with Gasteiger partial charge in [0.05, 0.1) is 110 Å². The van der Waals surface area contributed by atoms with Gasteiger partial charge in [0.25, 0.3) is 0 Å². The van der Waals surface area contributed by atoms with Gasteiger partial charge in [-0.05, 0) is 142 Å². The van der Waals surface area contributed by atoms with Crippen molar-refractivity contribution in [2.24, 2.45) is 14.1 Å². The van der Waals surface area contributed by atoms with Gasteiger partial charge in [-0.2, -0.15) is 15.0 Å². The van der Waals surface area contributed by atoms with E-state index < -0.39 is 34.5 Å². The molecule has 3 fully saturated rings. The number of benzene rings is 5. The van der Waals surface area contributed by atoms with Gasteiger partial charge in [0.2, 0.25) is 17.7 Å². The maximum atomic E-state index is 15.0. The Morgan fingerprint density at radius 2 is 0.812 bits per heavy atom. The van der Waals surface area contributed by atoms with Gasteiger partial charge in [0.15, 0.2) is 22.6 Å². The van der Waals surface area contributed by atoms with Crippen molar-refractivity contribution in [1.29, 1.82) is 0 Å². The number of nitrogens with zero attached hydrogens (tertiary/aromatic N) is 21. The maximum Gasteiger partial charge on any atom is 0.355 e. The molecule has 0 radical (unpaired) electrons. The summed E-state index contributed by atoms with van der Waals surface area (Å²) in [5.41, 5.74) is 10.2. The summed E-state index contributed by atoms with van der Waals surface area (Å²) in [6.45, 7) is 32.8. The zero-order chi connectivity index (χ0) is 90.9. The van der Waals surface area contributed by atoms with Crippen LogP contribution in [0.3, 0.4) is 0 Å². The van der Waals surface area contributed by atoms with E-state index in [2.05, 4.69) is 49.6 Å². The van der Waals surface area contributed by atoms with Gasteiger partial charge in [-0.15, -0.1) is 11.3 Å². The molecule has 0 N–H and O–H groups in total. The number of carbonyl (C=O) groups excluding carboxylic acids is 3. The minimum atomic E-state index is -0.576. The first-order chi connectivity index (χ1) is 61.4. The van der Waals surface area contributed by atoms with Crippen molar-refractivity contribution in [3.63, 3.8) is 0 Å². The van der Waals surface area contributed by atoms with Crippen molar-refractivity contribution in [3.05, 3.63) is 258 Å². The number of hydrogen-bond acceptors (Lipinski definition) is 20. The standard InChI is InChI=1S/C32H31ClFN7O2.C31H30ClFN8O2.C31H28ClFN6O2S/c1-6-26(42)39-13-14-40(19(4)16-39)30-21-15-22(33)28(20-9-7-8-10-23(20)34)36-31(21)41(32(43)37-30)24-11-12-25-29(27(24)18(2)3)35-17-38(25)5;1-6-25(42)39-11-12-40(18(4)15-39)28-20-13-21(32)27(19-9-7-8-10-22(19)33)36-29(20)41(31(43)37-28)24-14-23-30(38(5)16-34-23)35-26(24)17(2)3;1-5-25(40)37-12-13-38(18(4)15-37)29-20-14-21(32)27(19-8-6-7-9-22(19)33)35-30(20)39(31(41)36-29)23-10-11-24-28(34-16-42-24)26(23)17(2)3/h6-12,15,17-19H,1,13-14,16H2,2-5H3;6-10,13-14,16-18H,1,11-12,15H2,2-5H3;5-11,14,16-18H,1,12-13,15H2,2-4H3/t19-;2*18-/m000/s1. The summed E-state index contributed by atoms with van der Waals surface area (Å²) in [4.78, 5) is 137. The Balaban J connectivity index is 0.000000141. The SMILES string of the molecule is C=CC(=O)N1CCN(c2nc(=O)n(-c3cc4ncn(C)c4nc3C(C)C)c3nc(-c4ccccc4F)c(Cl)cc23)[C@@H](C)C1.C=CC(=O)N1CCN(c2nc(=O)n(-c3ccc4c(ncn4C)c3C(C)C)c3nc(-c4ccccc4F)c(Cl)cc23)[C@@H](C)C1.C=CC(=O)N1CCN(c2nc(=O)n(-c3ccc4scnc4c3C(C)C)c3nc(-c4ccccc4F)c(Cl)cc23)[C@@H](C)C1. The van der Waals surface area contributed by atoms with E-state index in [9.17, 15) is 33.2 Å². The van der Waals surface area contributed by atoms with Crippen molar-refractivity contribution in [2.75, 3.05) is 73.6 Å². The zero-order valence-electron chi connectivity index (χ0n) is 72.0. The predicted molar refractivity (Wildman–Crippen MR) is 499 cm³/mol. The van der Waals surface area contributed by atoms with Crippen LogP contribution in [0.5, 0.6) is 0 Å². The highest BCUT2D eigenvalue weighted by molar-refractivity contribution is 7.16. The molecule has 13 heterocycles. The molecule has 0 aliphatic carbocycles. The number of rotatable bonds is 15. The molecule has 15 aromatic rings. The average molecular weight is 1800 g/mol. The monoisotopic (exact) mass is 1800 g/mol. The summed E-state index contributed by atoms with van der Waals surface area (Å²) >= 11 is 21.9. The van der Waals surface area contributed by atoms with Crippen molar-refractivity contribution in [2.45, 2.75) is 98.2 Å². The van der Waals surface area contributed by atoms with Crippen molar-refractivity contribution < 1.29 is 27.6 Å². The summed E-state index contributed by atoms with van der Waals surface area (Å²) in [5, 5.41) is 2.26. The van der Waals surface area contributed by atoms with Gasteiger partial charge in [0.1, 0.15) is 40.4 Å². The fourth-order valence-corrected chi connectivity index (χ4v) is 18.7. The first-order valence-corrected chi connectivity index (χ1v) is 43.7. The third kappa shape index (κ3) is 16.2. The van der Waals surface area contributed by atoms with Crippen LogP contribution in [0.15, 0.2) is 192 Å². The molecule has 3 atom stereocenters. The molecular formula is C94H89Cl3F3N21O6S. The topological polar surface area (TPSA) is 275 Å². The molecule has 128 heavy (non-hydrogen) atoms. The number of amides is 3. The summed E-state index contributed by atoms with van der Waals surface area (Å²) in [6, 6.07) is 32.8.